The van der Waals surface area contributed by atoms with Gasteiger partial charge in [0.25, 0.3) is 5.91 Å². The number of halogens is 1. The van der Waals surface area contributed by atoms with Gasteiger partial charge in [-0.15, -0.1) is 0 Å². The Hall–Kier alpha value is -1.82. The van der Waals surface area contributed by atoms with Gasteiger partial charge in [0.15, 0.2) is 5.82 Å². The summed E-state index contributed by atoms with van der Waals surface area (Å²) in [6, 6.07) is 7.61. The maximum absolute atomic E-state index is 11.9. The van der Waals surface area contributed by atoms with Crippen molar-refractivity contribution >= 4 is 21.8 Å². The summed E-state index contributed by atoms with van der Waals surface area (Å²) in [4.78, 5) is 15.9. The van der Waals surface area contributed by atoms with Crippen molar-refractivity contribution in [2.75, 3.05) is 6.54 Å². The summed E-state index contributed by atoms with van der Waals surface area (Å²) in [6.07, 6.45) is 3.18. The maximum atomic E-state index is 11.9. The van der Waals surface area contributed by atoms with Crippen LogP contribution >= 0.6 is 15.9 Å². The molecule has 0 spiro atoms. The van der Waals surface area contributed by atoms with Crippen LogP contribution < -0.4 is 10.1 Å². The molecule has 1 N–H and O–H groups in total. The van der Waals surface area contributed by atoms with Crippen molar-refractivity contribution in [2.45, 2.75) is 13.0 Å². The molecule has 0 fully saturated rings. The maximum Gasteiger partial charge on any atom is 0.287 e. The first kappa shape index (κ1) is 14.6. The zero-order valence-electron chi connectivity index (χ0n) is 11.3. The Balaban J connectivity index is 1.87. The average Bonchev–Trinajstić information content (AvgIpc) is 2.85. The van der Waals surface area contributed by atoms with Gasteiger partial charge in [-0.3, -0.25) is 4.79 Å². The summed E-state index contributed by atoms with van der Waals surface area (Å²) >= 11 is 3.42. The van der Waals surface area contributed by atoms with Gasteiger partial charge in [-0.1, -0.05) is 12.1 Å². The minimum absolute atomic E-state index is 0.141. The molecule has 0 saturated heterocycles. The molecule has 20 heavy (non-hydrogen) atoms. The molecule has 106 valence electrons. The molecule has 1 unspecified atom stereocenters. The van der Waals surface area contributed by atoms with Crippen LogP contribution in [0.4, 0.5) is 0 Å². The first-order valence-electron chi connectivity index (χ1n) is 6.24. The number of imidazole rings is 1. The number of carbonyl (C=O) groups is 1. The molecule has 1 aromatic carbocycles. The molecule has 1 aromatic heterocycles. The van der Waals surface area contributed by atoms with Gasteiger partial charge >= 0.3 is 0 Å². The smallest absolute Gasteiger partial charge is 0.287 e. The summed E-state index contributed by atoms with van der Waals surface area (Å²) in [5.41, 5.74) is 0. The monoisotopic (exact) mass is 337 g/mol. The van der Waals surface area contributed by atoms with Crippen LogP contribution in [0.25, 0.3) is 0 Å². The molecule has 0 bridgehead atoms. The largest absolute Gasteiger partial charge is 0.488 e. The summed E-state index contributed by atoms with van der Waals surface area (Å²) in [5, 5.41) is 2.80. The first-order chi connectivity index (χ1) is 9.58. The van der Waals surface area contributed by atoms with E-state index in [9.17, 15) is 4.79 Å². The highest BCUT2D eigenvalue weighted by Crippen LogP contribution is 2.24. The number of nitrogens with one attached hydrogen (secondary N) is 1. The Morgan fingerprint density at radius 3 is 2.90 bits per heavy atom. The summed E-state index contributed by atoms with van der Waals surface area (Å²) in [6.45, 7) is 2.31. The van der Waals surface area contributed by atoms with E-state index < -0.39 is 0 Å². The van der Waals surface area contributed by atoms with Gasteiger partial charge in [0.2, 0.25) is 0 Å². The molecule has 1 atom stereocenters. The van der Waals surface area contributed by atoms with E-state index in [2.05, 4.69) is 26.2 Å². The van der Waals surface area contributed by atoms with Crippen LogP contribution in [0.2, 0.25) is 0 Å². The molecule has 0 saturated carbocycles. The van der Waals surface area contributed by atoms with Crippen molar-refractivity contribution in [1.29, 1.82) is 0 Å². The highest BCUT2D eigenvalue weighted by Gasteiger charge is 2.13. The third-order valence-electron chi connectivity index (χ3n) is 2.74. The van der Waals surface area contributed by atoms with Crippen molar-refractivity contribution < 1.29 is 9.53 Å². The topological polar surface area (TPSA) is 56.2 Å². The predicted molar refractivity (Wildman–Crippen MR) is 79.8 cm³/mol. The summed E-state index contributed by atoms with van der Waals surface area (Å²) in [7, 11) is 1.78. The van der Waals surface area contributed by atoms with Gasteiger partial charge in [0, 0.05) is 19.4 Å². The Labute approximate surface area is 126 Å². The Morgan fingerprint density at radius 1 is 1.50 bits per heavy atom. The van der Waals surface area contributed by atoms with Gasteiger partial charge in [-0.25, -0.2) is 4.98 Å². The number of rotatable bonds is 5. The number of carbonyl (C=O) groups excluding carboxylic acids is 1. The number of ether oxygens (including phenoxy) is 1. The SMILES string of the molecule is CC(CNC(=O)c1nccn1C)Oc1ccccc1Br. The first-order valence-corrected chi connectivity index (χ1v) is 7.04. The summed E-state index contributed by atoms with van der Waals surface area (Å²) < 4.78 is 8.32. The van der Waals surface area contributed by atoms with Crippen LogP contribution in [0.5, 0.6) is 5.75 Å². The second-order valence-electron chi connectivity index (χ2n) is 4.43. The molecule has 1 amide bonds. The van der Waals surface area contributed by atoms with E-state index in [1.54, 1.807) is 24.0 Å². The van der Waals surface area contributed by atoms with Gasteiger partial charge in [0.1, 0.15) is 11.9 Å². The minimum Gasteiger partial charge on any atom is -0.488 e. The second kappa shape index (κ2) is 6.56. The predicted octanol–water partition coefficient (Wildman–Crippen LogP) is 2.38. The van der Waals surface area contributed by atoms with E-state index >= 15 is 0 Å². The van der Waals surface area contributed by atoms with Crippen LogP contribution in [0.1, 0.15) is 17.5 Å². The highest BCUT2D eigenvalue weighted by atomic mass is 79.9. The highest BCUT2D eigenvalue weighted by molar-refractivity contribution is 9.10. The van der Waals surface area contributed by atoms with E-state index in [0.717, 1.165) is 10.2 Å². The molecule has 6 heteroatoms. The molecule has 5 nitrogen and oxygen atoms in total. The Kier molecular flexibility index (Phi) is 4.79. The Morgan fingerprint density at radius 2 is 2.25 bits per heavy atom. The number of para-hydroxylation sites is 1. The number of aryl methyl sites for hydroxylation is 1. The Bertz CT molecular complexity index is 598. The zero-order valence-corrected chi connectivity index (χ0v) is 12.9. The van der Waals surface area contributed by atoms with Gasteiger partial charge in [-0.05, 0) is 35.0 Å². The fraction of sp³-hybridized carbons (Fsp3) is 0.286. The minimum atomic E-state index is -0.208. The lowest BCUT2D eigenvalue weighted by molar-refractivity contribution is 0.0918. The molecule has 1 heterocycles. The van der Waals surface area contributed by atoms with Crippen LogP contribution in [0.3, 0.4) is 0 Å². The number of aromatic nitrogens is 2. The number of hydrogen-bond donors (Lipinski definition) is 1. The lowest BCUT2D eigenvalue weighted by Gasteiger charge is -2.16. The van der Waals surface area contributed by atoms with Crippen molar-refractivity contribution in [3.8, 4) is 5.75 Å². The van der Waals surface area contributed by atoms with Gasteiger partial charge in [0.05, 0.1) is 11.0 Å². The van der Waals surface area contributed by atoms with E-state index in [-0.39, 0.29) is 12.0 Å². The van der Waals surface area contributed by atoms with E-state index in [1.807, 2.05) is 31.2 Å². The fourth-order valence-corrected chi connectivity index (χ4v) is 2.08. The summed E-state index contributed by atoms with van der Waals surface area (Å²) in [5.74, 6) is 0.935. The molecule has 2 rings (SSSR count). The molecule has 2 aromatic rings. The molecule has 0 aliphatic rings. The number of benzene rings is 1. The van der Waals surface area contributed by atoms with Crippen LogP contribution in [0, 0.1) is 0 Å². The van der Waals surface area contributed by atoms with Crippen molar-refractivity contribution in [3.05, 3.63) is 47.0 Å². The number of amides is 1. The molecule has 0 radical (unpaired) electrons. The molecule has 0 aliphatic heterocycles. The van der Waals surface area contributed by atoms with Crippen LogP contribution in [0.15, 0.2) is 41.1 Å². The average molecular weight is 338 g/mol. The van der Waals surface area contributed by atoms with Gasteiger partial charge in [-0.2, -0.15) is 0 Å². The normalized spacial score (nSPS) is 11.9. The van der Waals surface area contributed by atoms with E-state index in [1.165, 1.54) is 0 Å². The number of hydrogen-bond acceptors (Lipinski definition) is 3. The van der Waals surface area contributed by atoms with Crippen molar-refractivity contribution in [3.63, 3.8) is 0 Å². The van der Waals surface area contributed by atoms with Crippen LogP contribution in [-0.4, -0.2) is 28.1 Å². The molecular formula is C14H16BrN3O2. The molecule has 0 aliphatic carbocycles. The standard InChI is InChI=1S/C14H16BrN3O2/c1-10(20-12-6-4-3-5-11(12)15)9-17-14(19)13-16-7-8-18(13)2/h3-8,10H,9H2,1-2H3,(H,17,19). The third-order valence-corrected chi connectivity index (χ3v) is 3.39. The number of nitrogens with zero attached hydrogens (tertiary/aromatic N) is 2. The molecular weight excluding hydrogens is 322 g/mol. The lowest BCUT2D eigenvalue weighted by atomic mass is 10.3. The quantitative estimate of drug-likeness (QED) is 0.911. The van der Waals surface area contributed by atoms with E-state index in [4.69, 9.17) is 4.74 Å². The third kappa shape index (κ3) is 3.60. The lowest BCUT2D eigenvalue weighted by Crippen LogP contribution is -2.34. The van der Waals surface area contributed by atoms with Crippen molar-refractivity contribution in [1.82, 2.24) is 14.9 Å². The van der Waals surface area contributed by atoms with Crippen molar-refractivity contribution in [2.24, 2.45) is 7.05 Å². The van der Waals surface area contributed by atoms with Crippen LogP contribution in [-0.2, 0) is 7.05 Å². The van der Waals surface area contributed by atoms with E-state index in [0.29, 0.717) is 12.4 Å². The fourth-order valence-electron chi connectivity index (χ4n) is 1.70. The van der Waals surface area contributed by atoms with Gasteiger partial charge < -0.3 is 14.6 Å². The second-order valence-corrected chi connectivity index (χ2v) is 5.29. The zero-order chi connectivity index (χ0) is 14.5.